The highest BCUT2D eigenvalue weighted by Gasteiger charge is 2.21. The summed E-state index contributed by atoms with van der Waals surface area (Å²) in [6, 6.07) is 21.2. The second-order valence-electron chi connectivity index (χ2n) is 6.76. The zero-order chi connectivity index (χ0) is 18.8. The Balaban J connectivity index is 1.74. The smallest absolute Gasteiger partial charge is 0.335 e. The van der Waals surface area contributed by atoms with Crippen LogP contribution >= 0.6 is 0 Å². The fraction of sp³-hybridized carbons (Fsp3) is 0.160. The summed E-state index contributed by atoms with van der Waals surface area (Å²) in [5.74, 6) is 0.302. The highest BCUT2D eigenvalue weighted by molar-refractivity contribution is 5.86. The fourth-order valence-electron chi connectivity index (χ4n) is 3.83. The van der Waals surface area contributed by atoms with Gasteiger partial charge in [-0.2, -0.15) is 0 Å². The molecule has 0 radical (unpaired) electrons. The average molecular weight is 354 g/mol. The number of rotatable bonds is 4. The van der Waals surface area contributed by atoms with E-state index in [1.54, 1.807) is 13.0 Å². The lowest BCUT2D eigenvalue weighted by Crippen LogP contribution is -2.05. The van der Waals surface area contributed by atoms with Crippen LogP contribution in [0.3, 0.4) is 0 Å². The molecule has 0 saturated heterocycles. The Labute approximate surface area is 160 Å². The zero-order valence-corrected chi connectivity index (χ0v) is 15.7. The van der Waals surface area contributed by atoms with Crippen molar-refractivity contribution in [2.45, 2.75) is 26.7 Å². The van der Waals surface area contributed by atoms with Crippen molar-refractivity contribution in [3.63, 3.8) is 0 Å². The predicted octanol–water partition coefficient (Wildman–Crippen LogP) is 5.97. The Kier molecular flexibility index (Phi) is 4.64. The highest BCUT2D eigenvalue weighted by Crippen LogP contribution is 2.42. The minimum absolute atomic E-state index is 0.337. The number of aryl methyl sites for hydroxylation is 1. The van der Waals surface area contributed by atoms with Crippen LogP contribution in [0, 0.1) is 0 Å². The number of fused-ring (bicyclic) bond motifs is 3. The Bertz CT molecular complexity index is 1040. The van der Waals surface area contributed by atoms with Crippen LogP contribution in [0.25, 0.3) is 22.3 Å². The summed E-state index contributed by atoms with van der Waals surface area (Å²) in [4.78, 5) is 11.8. The van der Waals surface area contributed by atoms with E-state index in [1.807, 2.05) is 6.07 Å². The summed E-state index contributed by atoms with van der Waals surface area (Å²) in [6.07, 6.45) is 4.89. The molecule has 0 spiro atoms. The van der Waals surface area contributed by atoms with Crippen molar-refractivity contribution in [3.05, 3.63) is 89.5 Å². The van der Waals surface area contributed by atoms with E-state index in [9.17, 15) is 4.79 Å². The summed E-state index contributed by atoms with van der Waals surface area (Å²) in [5, 5.41) is 0. The third-order valence-corrected chi connectivity index (χ3v) is 5.12. The van der Waals surface area contributed by atoms with Gasteiger partial charge in [0.05, 0.1) is 0 Å². The molecule has 2 nitrogen and oxygen atoms in total. The van der Waals surface area contributed by atoms with Gasteiger partial charge in [0, 0.05) is 6.08 Å². The molecule has 0 amide bonds. The zero-order valence-electron chi connectivity index (χ0n) is 15.7. The molecule has 0 aromatic heterocycles. The fourth-order valence-corrected chi connectivity index (χ4v) is 3.83. The minimum atomic E-state index is -0.337. The van der Waals surface area contributed by atoms with Gasteiger partial charge >= 0.3 is 5.97 Å². The van der Waals surface area contributed by atoms with Gasteiger partial charge in [0.25, 0.3) is 0 Å². The molecule has 0 unspecified atom stereocenters. The summed E-state index contributed by atoms with van der Waals surface area (Å²) < 4.78 is 5.49. The maximum atomic E-state index is 11.8. The van der Waals surface area contributed by atoms with Gasteiger partial charge in [0.1, 0.15) is 5.75 Å². The molecule has 0 bridgehead atoms. The number of carbonyl (C=O) groups excluding carboxylic acids is 1. The molecule has 0 atom stereocenters. The first kappa shape index (κ1) is 17.3. The van der Waals surface area contributed by atoms with Gasteiger partial charge in [-0.15, -0.1) is 0 Å². The molecular weight excluding hydrogens is 332 g/mol. The third kappa shape index (κ3) is 3.19. The van der Waals surface area contributed by atoms with E-state index in [1.165, 1.54) is 39.5 Å². The standard InChI is InChI=1S/C25H22O2/c1-3-8-25(26)27-24-14-13-19(15-17(24)4-2)21-11-7-12-22-20-10-6-5-9-18(20)16-23(21)22/h3,5-15H,4,16H2,1-2H3. The lowest BCUT2D eigenvalue weighted by atomic mass is 9.94. The minimum Gasteiger partial charge on any atom is -0.423 e. The Morgan fingerprint density at radius 2 is 1.78 bits per heavy atom. The van der Waals surface area contributed by atoms with E-state index in [0.717, 1.165) is 18.4 Å². The van der Waals surface area contributed by atoms with E-state index in [2.05, 4.69) is 61.5 Å². The van der Waals surface area contributed by atoms with Crippen LogP contribution < -0.4 is 4.74 Å². The molecule has 1 aliphatic carbocycles. The molecule has 0 N–H and O–H groups in total. The number of hydrogen-bond donors (Lipinski definition) is 0. The maximum Gasteiger partial charge on any atom is 0.335 e. The molecule has 27 heavy (non-hydrogen) atoms. The molecule has 3 aromatic carbocycles. The van der Waals surface area contributed by atoms with Gasteiger partial charge in [-0.3, -0.25) is 0 Å². The molecule has 3 aromatic rings. The van der Waals surface area contributed by atoms with Crippen LogP contribution in [0.5, 0.6) is 5.75 Å². The van der Waals surface area contributed by atoms with Crippen LogP contribution in [-0.4, -0.2) is 5.97 Å². The van der Waals surface area contributed by atoms with E-state index < -0.39 is 0 Å². The normalized spacial score (nSPS) is 12.1. The molecular formula is C25H22O2. The van der Waals surface area contributed by atoms with Crippen molar-refractivity contribution < 1.29 is 9.53 Å². The van der Waals surface area contributed by atoms with Crippen LogP contribution in [0.2, 0.25) is 0 Å². The third-order valence-electron chi connectivity index (χ3n) is 5.12. The largest absolute Gasteiger partial charge is 0.423 e. The van der Waals surface area contributed by atoms with Crippen molar-refractivity contribution in [1.82, 2.24) is 0 Å². The van der Waals surface area contributed by atoms with Crippen molar-refractivity contribution in [2.24, 2.45) is 0 Å². The number of esters is 1. The molecule has 0 saturated carbocycles. The van der Waals surface area contributed by atoms with E-state index in [0.29, 0.717) is 5.75 Å². The number of carbonyl (C=O) groups is 1. The van der Waals surface area contributed by atoms with Crippen molar-refractivity contribution in [3.8, 4) is 28.0 Å². The molecule has 0 heterocycles. The van der Waals surface area contributed by atoms with Gasteiger partial charge in [-0.05, 0) is 70.8 Å². The Morgan fingerprint density at radius 3 is 2.59 bits per heavy atom. The quantitative estimate of drug-likeness (QED) is 0.256. The number of allylic oxidation sites excluding steroid dienone is 1. The molecule has 2 heteroatoms. The highest BCUT2D eigenvalue weighted by atomic mass is 16.5. The summed E-state index contributed by atoms with van der Waals surface area (Å²) >= 11 is 0. The first-order valence-electron chi connectivity index (χ1n) is 9.39. The van der Waals surface area contributed by atoms with Crippen molar-refractivity contribution >= 4 is 5.97 Å². The molecule has 0 aliphatic heterocycles. The van der Waals surface area contributed by atoms with E-state index in [-0.39, 0.29) is 5.97 Å². The van der Waals surface area contributed by atoms with Gasteiger partial charge in [-0.25, -0.2) is 4.79 Å². The van der Waals surface area contributed by atoms with Crippen LogP contribution in [0.4, 0.5) is 0 Å². The first-order valence-corrected chi connectivity index (χ1v) is 9.39. The van der Waals surface area contributed by atoms with Gasteiger partial charge in [0.2, 0.25) is 0 Å². The molecule has 134 valence electrons. The summed E-state index contributed by atoms with van der Waals surface area (Å²) in [7, 11) is 0. The molecule has 1 aliphatic rings. The SMILES string of the molecule is CC=CC(=O)Oc1ccc(-c2cccc3c2Cc2ccccc2-3)cc1CC. The Morgan fingerprint density at radius 1 is 1.00 bits per heavy atom. The van der Waals surface area contributed by atoms with Gasteiger partial charge < -0.3 is 4.74 Å². The van der Waals surface area contributed by atoms with Crippen LogP contribution in [0.15, 0.2) is 72.8 Å². The average Bonchev–Trinajstić information content (AvgIpc) is 3.07. The first-order chi connectivity index (χ1) is 13.2. The molecule has 0 fully saturated rings. The number of hydrogen-bond acceptors (Lipinski definition) is 2. The topological polar surface area (TPSA) is 26.3 Å². The van der Waals surface area contributed by atoms with E-state index in [4.69, 9.17) is 4.74 Å². The van der Waals surface area contributed by atoms with Crippen LogP contribution in [0.1, 0.15) is 30.5 Å². The lowest BCUT2D eigenvalue weighted by Gasteiger charge is -2.13. The van der Waals surface area contributed by atoms with Crippen molar-refractivity contribution in [1.29, 1.82) is 0 Å². The second kappa shape index (κ2) is 7.24. The van der Waals surface area contributed by atoms with Crippen molar-refractivity contribution in [2.75, 3.05) is 0 Å². The van der Waals surface area contributed by atoms with Crippen LogP contribution in [-0.2, 0) is 17.6 Å². The van der Waals surface area contributed by atoms with Gasteiger partial charge in [-0.1, -0.05) is 61.5 Å². The Hall–Kier alpha value is -3.13. The van der Waals surface area contributed by atoms with Gasteiger partial charge in [0.15, 0.2) is 0 Å². The molecule has 4 rings (SSSR count). The predicted molar refractivity (Wildman–Crippen MR) is 110 cm³/mol. The maximum absolute atomic E-state index is 11.8. The number of ether oxygens (including phenoxy) is 1. The monoisotopic (exact) mass is 354 g/mol. The lowest BCUT2D eigenvalue weighted by molar-refractivity contribution is -0.129. The number of benzene rings is 3. The summed E-state index contributed by atoms with van der Waals surface area (Å²) in [6.45, 7) is 3.89. The second-order valence-corrected chi connectivity index (χ2v) is 6.76. The summed E-state index contributed by atoms with van der Waals surface area (Å²) in [5.41, 5.74) is 8.88. The van der Waals surface area contributed by atoms with E-state index >= 15 is 0 Å².